The number of hydrogen-bond donors (Lipinski definition) is 1. The van der Waals surface area contributed by atoms with Crippen molar-refractivity contribution in [2.45, 2.75) is 0 Å². The molecule has 0 fully saturated rings. The highest BCUT2D eigenvalue weighted by atomic mass is 35.5. The Morgan fingerprint density at radius 1 is 1.11 bits per heavy atom. The maximum Gasteiger partial charge on any atom is 0.140 e. The molecule has 0 spiro atoms. The number of imidazole rings is 1. The molecule has 0 atom stereocenters. The Labute approximate surface area is 109 Å². The van der Waals surface area contributed by atoms with Gasteiger partial charge in [0.05, 0.1) is 23.2 Å². The van der Waals surface area contributed by atoms with E-state index in [4.69, 9.17) is 16.3 Å². The lowest BCUT2D eigenvalue weighted by atomic mass is 10.2. The van der Waals surface area contributed by atoms with Crippen LogP contribution in [0.4, 0.5) is 0 Å². The number of halogens is 1. The summed E-state index contributed by atoms with van der Waals surface area (Å²) in [5.74, 6) is 1.40. The van der Waals surface area contributed by atoms with Crippen molar-refractivity contribution >= 4 is 22.6 Å². The van der Waals surface area contributed by atoms with Crippen LogP contribution in [0.5, 0.6) is 5.75 Å². The first-order chi connectivity index (χ1) is 8.79. The van der Waals surface area contributed by atoms with Gasteiger partial charge in [-0.2, -0.15) is 0 Å². The number of hydrogen-bond acceptors (Lipinski definition) is 2. The second-order valence-electron chi connectivity index (χ2n) is 3.92. The van der Waals surface area contributed by atoms with Crippen LogP contribution in [-0.4, -0.2) is 17.1 Å². The lowest BCUT2D eigenvalue weighted by Crippen LogP contribution is -1.87. The van der Waals surface area contributed by atoms with Crippen molar-refractivity contribution in [1.29, 1.82) is 0 Å². The molecule has 1 N–H and O–H groups in total. The number of aromatic amines is 1. The number of aromatic nitrogens is 2. The van der Waals surface area contributed by atoms with Crippen molar-refractivity contribution in [2.75, 3.05) is 7.11 Å². The van der Waals surface area contributed by atoms with Crippen molar-refractivity contribution < 1.29 is 4.74 Å². The van der Waals surface area contributed by atoms with Crippen molar-refractivity contribution in [3.05, 3.63) is 47.5 Å². The van der Waals surface area contributed by atoms with Gasteiger partial charge in [0.25, 0.3) is 0 Å². The first-order valence-corrected chi connectivity index (χ1v) is 5.95. The molecule has 0 amide bonds. The number of ether oxygens (including phenoxy) is 1. The summed E-state index contributed by atoms with van der Waals surface area (Å²) in [4.78, 5) is 7.78. The van der Waals surface area contributed by atoms with E-state index in [2.05, 4.69) is 9.97 Å². The molecule has 2 aromatic carbocycles. The summed E-state index contributed by atoms with van der Waals surface area (Å²) in [6.07, 6.45) is 0. The Morgan fingerprint density at radius 2 is 1.94 bits per heavy atom. The summed E-state index contributed by atoms with van der Waals surface area (Å²) in [6, 6.07) is 13.5. The molecule has 0 unspecified atom stereocenters. The van der Waals surface area contributed by atoms with Gasteiger partial charge in [-0.25, -0.2) is 4.98 Å². The molecule has 0 saturated carbocycles. The molecular weight excluding hydrogens is 248 g/mol. The summed E-state index contributed by atoms with van der Waals surface area (Å²) < 4.78 is 5.21. The van der Waals surface area contributed by atoms with Crippen LogP contribution in [0.2, 0.25) is 5.02 Å². The minimum atomic E-state index is 0.569. The van der Waals surface area contributed by atoms with E-state index in [-0.39, 0.29) is 0 Å². The summed E-state index contributed by atoms with van der Waals surface area (Å²) >= 11 is 6.29. The van der Waals surface area contributed by atoms with Gasteiger partial charge in [0, 0.05) is 5.56 Å². The van der Waals surface area contributed by atoms with Crippen molar-refractivity contribution in [3.8, 4) is 17.1 Å². The third kappa shape index (κ3) is 1.73. The molecule has 3 nitrogen and oxygen atoms in total. The van der Waals surface area contributed by atoms with E-state index in [0.29, 0.717) is 10.8 Å². The van der Waals surface area contributed by atoms with Crippen LogP contribution in [0.3, 0.4) is 0 Å². The molecule has 0 saturated heterocycles. The van der Waals surface area contributed by atoms with Gasteiger partial charge in [-0.3, -0.25) is 0 Å². The number of para-hydroxylation sites is 2. The van der Waals surface area contributed by atoms with Crippen LogP contribution in [0.1, 0.15) is 0 Å². The molecule has 1 heterocycles. The largest absolute Gasteiger partial charge is 0.495 e. The summed E-state index contributed by atoms with van der Waals surface area (Å²) in [6.45, 7) is 0. The zero-order valence-electron chi connectivity index (χ0n) is 9.77. The molecule has 18 heavy (non-hydrogen) atoms. The normalized spacial score (nSPS) is 10.8. The van der Waals surface area contributed by atoms with E-state index >= 15 is 0 Å². The Hall–Kier alpha value is -2.00. The highest BCUT2D eigenvalue weighted by Crippen LogP contribution is 2.34. The average Bonchev–Trinajstić information content (AvgIpc) is 2.82. The number of H-pyrrole nitrogens is 1. The Morgan fingerprint density at radius 3 is 2.72 bits per heavy atom. The van der Waals surface area contributed by atoms with E-state index in [1.54, 1.807) is 7.11 Å². The van der Waals surface area contributed by atoms with Crippen LogP contribution < -0.4 is 4.74 Å². The quantitative estimate of drug-likeness (QED) is 0.757. The fourth-order valence-corrected chi connectivity index (χ4v) is 2.22. The lowest BCUT2D eigenvalue weighted by molar-refractivity contribution is 0.415. The van der Waals surface area contributed by atoms with Crippen LogP contribution in [0.15, 0.2) is 42.5 Å². The topological polar surface area (TPSA) is 37.9 Å². The predicted molar refractivity (Wildman–Crippen MR) is 73.1 cm³/mol. The molecular formula is C14H11ClN2O. The second-order valence-corrected chi connectivity index (χ2v) is 4.30. The van der Waals surface area contributed by atoms with Gasteiger partial charge in [0.15, 0.2) is 0 Å². The van der Waals surface area contributed by atoms with Crippen LogP contribution in [0.25, 0.3) is 22.4 Å². The van der Waals surface area contributed by atoms with E-state index < -0.39 is 0 Å². The highest BCUT2D eigenvalue weighted by molar-refractivity contribution is 6.34. The van der Waals surface area contributed by atoms with Gasteiger partial charge in [0.1, 0.15) is 11.6 Å². The van der Waals surface area contributed by atoms with Crippen LogP contribution in [-0.2, 0) is 0 Å². The average molecular weight is 259 g/mol. The molecule has 0 aliphatic carbocycles. The standard InChI is InChI=1S/C14H11ClN2O/c1-18-12-8-4-5-9(13(12)15)14-16-10-6-2-3-7-11(10)17-14/h2-8H,1H3,(H,16,17). The monoisotopic (exact) mass is 258 g/mol. The fourth-order valence-electron chi connectivity index (χ4n) is 1.93. The van der Waals surface area contributed by atoms with Crippen molar-refractivity contribution in [2.24, 2.45) is 0 Å². The number of nitrogens with zero attached hydrogens (tertiary/aromatic N) is 1. The van der Waals surface area contributed by atoms with E-state index in [9.17, 15) is 0 Å². The van der Waals surface area contributed by atoms with E-state index in [1.807, 2.05) is 42.5 Å². The Kier molecular flexibility index (Phi) is 2.68. The molecule has 0 aliphatic rings. The number of benzene rings is 2. The maximum atomic E-state index is 6.29. The molecule has 0 radical (unpaired) electrons. The first-order valence-electron chi connectivity index (χ1n) is 5.57. The summed E-state index contributed by atoms with van der Waals surface area (Å²) in [5, 5.41) is 0.569. The SMILES string of the molecule is COc1cccc(-c2nc3ccccc3[nH]2)c1Cl. The Balaban J connectivity index is 2.20. The fraction of sp³-hybridized carbons (Fsp3) is 0.0714. The van der Waals surface area contributed by atoms with Gasteiger partial charge in [-0.05, 0) is 24.3 Å². The van der Waals surface area contributed by atoms with Crippen LogP contribution >= 0.6 is 11.6 Å². The third-order valence-electron chi connectivity index (χ3n) is 2.83. The smallest absolute Gasteiger partial charge is 0.140 e. The van der Waals surface area contributed by atoms with Crippen molar-refractivity contribution in [3.63, 3.8) is 0 Å². The van der Waals surface area contributed by atoms with Crippen molar-refractivity contribution in [1.82, 2.24) is 9.97 Å². The zero-order chi connectivity index (χ0) is 12.5. The number of nitrogens with one attached hydrogen (secondary N) is 1. The maximum absolute atomic E-state index is 6.29. The Bertz CT molecular complexity index is 673. The number of methoxy groups -OCH3 is 1. The molecule has 90 valence electrons. The van der Waals surface area contributed by atoms with Gasteiger partial charge in [-0.1, -0.05) is 29.8 Å². The molecule has 1 aromatic heterocycles. The zero-order valence-corrected chi connectivity index (χ0v) is 10.5. The number of rotatable bonds is 2. The molecule has 4 heteroatoms. The van der Waals surface area contributed by atoms with Gasteiger partial charge >= 0.3 is 0 Å². The first kappa shape index (κ1) is 11.1. The van der Waals surface area contributed by atoms with Gasteiger partial charge in [0.2, 0.25) is 0 Å². The van der Waals surface area contributed by atoms with E-state index in [1.165, 1.54) is 0 Å². The molecule has 3 rings (SSSR count). The molecule has 0 bridgehead atoms. The predicted octanol–water partition coefficient (Wildman–Crippen LogP) is 3.89. The second kappa shape index (κ2) is 4.35. The minimum Gasteiger partial charge on any atom is -0.495 e. The van der Waals surface area contributed by atoms with Gasteiger partial charge < -0.3 is 9.72 Å². The lowest BCUT2D eigenvalue weighted by Gasteiger charge is -2.05. The third-order valence-corrected chi connectivity index (χ3v) is 3.22. The number of fused-ring (bicyclic) bond motifs is 1. The van der Waals surface area contributed by atoms with Gasteiger partial charge in [-0.15, -0.1) is 0 Å². The molecule has 3 aromatic rings. The summed E-state index contributed by atoms with van der Waals surface area (Å²) in [7, 11) is 1.60. The van der Waals surface area contributed by atoms with E-state index in [0.717, 1.165) is 22.4 Å². The minimum absolute atomic E-state index is 0.569. The molecule has 0 aliphatic heterocycles. The summed E-state index contributed by atoms with van der Waals surface area (Å²) in [5.41, 5.74) is 2.75. The highest BCUT2D eigenvalue weighted by Gasteiger charge is 2.11. The van der Waals surface area contributed by atoms with Crippen LogP contribution in [0, 0.1) is 0 Å².